The molecule has 1 N–H and O–H groups in total. The van der Waals surface area contributed by atoms with Crippen molar-refractivity contribution < 1.29 is 9.53 Å². The van der Waals surface area contributed by atoms with Gasteiger partial charge in [-0.05, 0) is 57.9 Å². The maximum atomic E-state index is 13.1. The number of hydrogen-bond acceptors (Lipinski definition) is 3. The van der Waals surface area contributed by atoms with Crippen LogP contribution in [-0.2, 0) is 0 Å². The van der Waals surface area contributed by atoms with Crippen LogP contribution in [0.5, 0.6) is 5.75 Å². The van der Waals surface area contributed by atoms with E-state index in [4.69, 9.17) is 4.74 Å². The summed E-state index contributed by atoms with van der Waals surface area (Å²) in [4.78, 5) is 15.2. The fourth-order valence-corrected chi connectivity index (χ4v) is 3.82. The number of rotatable bonds is 3. The van der Waals surface area contributed by atoms with Gasteiger partial charge in [-0.15, -0.1) is 12.4 Å². The fourth-order valence-electron chi connectivity index (χ4n) is 3.48. The van der Waals surface area contributed by atoms with Crippen molar-refractivity contribution in [2.45, 2.75) is 51.3 Å². The molecule has 2 unspecified atom stereocenters. The van der Waals surface area contributed by atoms with Crippen molar-refractivity contribution in [2.75, 3.05) is 13.1 Å². The van der Waals surface area contributed by atoms with Gasteiger partial charge >= 0.3 is 0 Å². The van der Waals surface area contributed by atoms with Crippen LogP contribution in [0, 0.1) is 0 Å². The number of amides is 1. The standard InChI is InChI=1S/C17H23BrN2O2.ClH/c1-11(2)22-16-9-12(18)3-6-15(16)17(21)20-13-4-5-14(20)10-19-8-7-13;/h3,6,9,11,13-14,19H,4-5,7-8,10H2,1-2H3;1H. The van der Waals surface area contributed by atoms with E-state index in [-0.39, 0.29) is 24.4 Å². The number of hydrogen-bond donors (Lipinski definition) is 1. The van der Waals surface area contributed by atoms with E-state index in [9.17, 15) is 4.79 Å². The molecule has 1 aromatic carbocycles. The molecule has 3 rings (SSSR count). The summed E-state index contributed by atoms with van der Waals surface area (Å²) in [5, 5.41) is 3.44. The predicted molar refractivity (Wildman–Crippen MR) is 97.6 cm³/mol. The lowest BCUT2D eigenvalue weighted by Crippen LogP contribution is -2.42. The smallest absolute Gasteiger partial charge is 0.258 e. The zero-order valence-corrected chi connectivity index (χ0v) is 16.0. The Morgan fingerprint density at radius 3 is 2.78 bits per heavy atom. The van der Waals surface area contributed by atoms with E-state index in [1.807, 2.05) is 32.0 Å². The highest BCUT2D eigenvalue weighted by Gasteiger charge is 2.39. The molecule has 0 radical (unpaired) electrons. The number of carbonyl (C=O) groups is 1. The van der Waals surface area contributed by atoms with E-state index in [0.29, 0.717) is 23.4 Å². The van der Waals surface area contributed by atoms with Crippen molar-refractivity contribution in [3.8, 4) is 5.75 Å². The Morgan fingerprint density at radius 2 is 2.04 bits per heavy atom. The number of nitrogens with zero attached hydrogens (tertiary/aromatic N) is 1. The summed E-state index contributed by atoms with van der Waals surface area (Å²) in [5.41, 5.74) is 0.677. The first kappa shape index (κ1) is 18.6. The Labute approximate surface area is 152 Å². The first-order valence-electron chi connectivity index (χ1n) is 8.06. The van der Waals surface area contributed by atoms with E-state index in [0.717, 1.165) is 36.8 Å². The van der Waals surface area contributed by atoms with Gasteiger partial charge in [0.05, 0.1) is 11.7 Å². The van der Waals surface area contributed by atoms with Gasteiger partial charge in [0.1, 0.15) is 5.75 Å². The van der Waals surface area contributed by atoms with Crippen LogP contribution in [-0.4, -0.2) is 42.1 Å². The van der Waals surface area contributed by atoms with Crippen LogP contribution in [0.3, 0.4) is 0 Å². The highest BCUT2D eigenvalue weighted by molar-refractivity contribution is 9.10. The topological polar surface area (TPSA) is 41.6 Å². The summed E-state index contributed by atoms with van der Waals surface area (Å²) in [6.45, 7) is 5.86. The number of ether oxygens (including phenoxy) is 1. The van der Waals surface area contributed by atoms with Gasteiger partial charge in [-0.2, -0.15) is 0 Å². The summed E-state index contributed by atoms with van der Waals surface area (Å²) >= 11 is 3.47. The van der Waals surface area contributed by atoms with E-state index < -0.39 is 0 Å². The Kier molecular flexibility index (Phi) is 6.34. The van der Waals surface area contributed by atoms with Crippen LogP contribution in [0.25, 0.3) is 0 Å². The maximum absolute atomic E-state index is 13.1. The molecule has 2 aliphatic rings. The number of benzene rings is 1. The Balaban J connectivity index is 0.00000192. The molecule has 2 atom stereocenters. The van der Waals surface area contributed by atoms with Crippen molar-refractivity contribution in [2.24, 2.45) is 0 Å². The van der Waals surface area contributed by atoms with Crippen LogP contribution in [0.2, 0.25) is 0 Å². The summed E-state index contributed by atoms with van der Waals surface area (Å²) in [6.07, 6.45) is 3.30. The van der Waals surface area contributed by atoms with Crippen molar-refractivity contribution in [1.29, 1.82) is 0 Å². The minimum Gasteiger partial charge on any atom is -0.490 e. The largest absolute Gasteiger partial charge is 0.490 e. The Hall–Kier alpha value is -0.780. The zero-order chi connectivity index (χ0) is 15.7. The first-order valence-corrected chi connectivity index (χ1v) is 8.85. The molecule has 23 heavy (non-hydrogen) atoms. The third kappa shape index (κ3) is 4.01. The van der Waals surface area contributed by atoms with Crippen molar-refractivity contribution >= 4 is 34.2 Å². The van der Waals surface area contributed by atoms with Crippen molar-refractivity contribution in [3.05, 3.63) is 28.2 Å². The maximum Gasteiger partial charge on any atom is 0.258 e. The molecule has 4 nitrogen and oxygen atoms in total. The molecule has 2 fully saturated rings. The molecule has 128 valence electrons. The molecule has 2 aliphatic heterocycles. The Morgan fingerprint density at radius 1 is 1.30 bits per heavy atom. The van der Waals surface area contributed by atoms with Gasteiger partial charge in [-0.1, -0.05) is 15.9 Å². The van der Waals surface area contributed by atoms with Crippen molar-refractivity contribution in [3.63, 3.8) is 0 Å². The second-order valence-electron chi connectivity index (χ2n) is 6.40. The number of nitrogens with one attached hydrogen (secondary N) is 1. The molecule has 2 heterocycles. The third-order valence-corrected chi connectivity index (χ3v) is 4.92. The molecule has 6 heteroatoms. The number of carbonyl (C=O) groups excluding carboxylic acids is 1. The number of fused-ring (bicyclic) bond motifs is 2. The molecule has 2 bridgehead atoms. The van der Waals surface area contributed by atoms with E-state index >= 15 is 0 Å². The first-order chi connectivity index (χ1) is 10.6. The lowest BCUT2D eigenvalue weighted by molar-refractivity contribution is 0.0674. The van der Waals surface area contributed by atoms with Crippen LogP contribution in [0.15, 0.2) is 22.7 Å². The van der Waals surface area contributed by atoms with Gasteiger partial charge in [0.2, 0.25) is 0 Å². The number of halogens is 2. The monoisotopic (exact) mass is 402 g/mol. The Bertz CT molecular complexity index is 554. The molecule has 0 saturated carbocycles. The SMILES string of the molecule is CC(C)Oc1cc(Br)ccc1C(=O)N1C2CCNCC1CC2.Cl. The quantitative estimate of drug-likeness (QED) is 0.838. The molecular formula is C17H24BrClN2O2. The second-order valence-corrected chi connectivity index (χ2v) is 7.31. The molecule has 0 aromatic heterocycles. The van der Waals surface area contributed by atoms with Gasteiger partial charge in [0, 0.05) is 23.1 Å². The normalized spacial score (nSPS) is 23.4. The highest BCUT2D eigenvalue weighted by Crippen LogP contribution is 2.33. The lowest BCUT2D eigenvalue weighted by Gasteiger charge is -2.29. The van der Waals surface area contributed by atoms with Gasteiger partial charge in [0.25, 0.3) is 5.91 Å². The van der Waals surface area contributed by atoms with E-state index in [1.165, 1.54) is 0 Å². The summed E-state index contributed by atoms with van der Waals surface area (Å²) in [7, 11) is 0. The lowest BCUT2D eigenvalue weighted by atomic mass is 10.1. The summed E-state index contributed by atoms with van der Waals surface area (Å²) < 4.78 is 6.80. The molecular weight excluding hydrogens is 380 g/mol. The van der Waals surface area contributed by atoms with Crippen LogP contribution >= 0.6 is 28.3 Å². The molecule has 1 amide bonds. The van der Waals surface area contributed by atoms with Gasteiger partial charge < -0.3 is 15.0 Å². The van der Waals surface area contributed by atoms with Crippen LogP contribution in [0.4, 0.5) is 0 Å². The van der Waals surface area contributed by atoms with E-state index in [1.54, 1.807) is 0 Å². The summed E-state index contributed by atoms with van der Waals surface area (Å²) in [5.74, 6) is 0.783. The van der Waals surface area contributed by atoms with Crippen LogP contribution < -0.4 is 10.1 Å². The van der Waals surface area contributed by atoms with Crippen LogP contribution in [0.1, 0.15) is 43.5 Å². The molecule has 0 spiro atoms. The minimum atomic E-state index is 0. The van der Waals surface area contributed by atoms with Crippen molar-refractivity contribution in [1.82, 2.24) is 10.2 Å². The van der Waals surface area contributed by atoms with Gasteiger partial charge in [-0.25, -0.2) is 0 Å². The van der Waals surface area contributed by atoms with Gasteiger partial charge in [0.15, 0.2) is 0 Å². The fraction of sp³-hybridized carbons (Fsp3) is 0.588. The van der Waals surface area contributed by atoms with E-state index in [2.05, 4.69) is 26.1 Å². The second kappa shape index (κ2) is 7.86. The summed E-state index contributed by atoms with van der Waals surface area (Å²) in [6, 6.07) is 6.37. The predicted octanol–water partition coefficient (Wildman–Crippen LogP) is 3.62. The van der Waals surface area contributed by atoms with Gasteiger partial charge in [-0.3, -0.25) is 4.79 Å². The zero-order valence-electron chi connectivity index (χ0n) is 13.5. The molecule has 0 aliphatic carbocycles. The third-order valence-electron chi connectivity index (χ3n) is 4.43. The average molecular weight is 404 g/mol. The average Bonchev–Trinajstić information content (AvgIpc) is 2.71. The minimum absolute atomic E-state index is 0. The highest BCUT2D eigenvalue weighted by atomic mass is 79.9. The molecule has 1 aromatic rings. The molecule has 2 saturated heterocycles.